The van der Waals surface area contributed by atoms with Crippen LogP contribution in [-0.4, -0.2) is 33.9 Å². The second-order valence-electron chi connectivity index (χ2n) is 6.73. The SMILES string of the molecule is Cc1ccc2nc(CN3CCNCC3c3ccccc3Cl)cc(=O)n2c1. The second kappa shape index (κ2) is 7.19. The number of aryl methyl sites for hydroxylation is 1. The number of rotatable bonds is 3. The van der Waals surface area contributed by atoms with Gasteiger partial charge >= 0.3 is 0 Å². The molecule has 5 nitrogen and oxygen atoms in total. The molecule has 6 heteroatoms. The van der Waals surface area contributed by atoms with E-state index in [1.807, 2.05) is 43.5 Å². The van der Waals surface area contributed by atoms with Crippen molar-refractivity contribution < 1.29 is 0 Å². The normalized spacial score (nSPS) is 18.3. The molecular formula is C20H21ClN4O. The van der Waals surface area contributed by atoms with Crippen molar-refractivity contribution in [3.8, 4) is 0 Å². The lowest BCUT2D eigenvalue weighted by Crippen LogP contribution is -2.45. The Morgan fingerprint density at radius 3 is 2.96 bits per heavy atom. The van der Waals surface area contributed by atoms with E-state index in [0.29, 0.717) is 12.2 Å². The second-order valence-corrected chi connectivity index (χ2v) is 7.14. The van der Waals surface area contributed by atoms with Crippen molar-refractivity contribution in [3.05, 3.63) is 80.9 Å². The number of aromatic nitrogens is 2. The summed E-state index contributed by atoms with van der Waals surface area (Å²) in [4.78, 5) is 19.5. The topological polar surface area (TPSA) is 49.6 Å². The van der Waals surface area contributed by atoms with Gasteiger partial charge in [-0.15, -0.1) is 0 Å². The average Bonchev–Trinajstić information content (AvgIpc) is 2.64. The first-order chi connectivity index (χ1) is 12.6. The van der Waals surface area contributed by atoms with Gasteiger partial charge in [0.25, 0.3) is 5.56 Å². The molecule has 0 saturated carbocycles. The van der Waals surface area contributed by atoms with E-state index < -0.39 is 0 Å². The molecule has 1 atom stereocenters. The fourth-order valence-corrected chi connectivity index (χ4v) is 3.80. The number of fused-ring (bicyclic) bond motifs is 1. The summed E-state index contributed by atoms with van der Waals surface area (Å²) in [6.45, 7) is 5.21. The Kier molecular flexibility index (Phi) is 4.76. The van der Waals surface area contributed by atoms with Crippen molar-refractivity contribution in [1.29, 1.82) is 0 Å². The Balaban J connectivity index is 1.66. The van der Waals surface area contributed by atoms with Crippen LogP contribution in [-0.2, 0) is 6.54 Å². The van der Waals surface area contributed by atoms with Crippen molar-refractivity contribution in [3.63, 3.8) is 0 Å². The van der Waals surface area contributed by atoms with Gasteiger partial charge in [-0.05, 0) is 30.2 Å². The molecule has 26 heavy (non-hydrogen) atoms. The third kappa shape index (κ3) is 3.38. The molecule has 134 valence electrons. The van der Waals surface area contributed by atoms with E-state index in [-0.39, 0.29) is 11.6 Å². The molecule has 0 bridgehead atoms. The summed E-state index contributed by atoms with van der Waals surface area (Å²) in [7, 11) is 0. The van der Waals surface area contributed by atoms with E-state index >= 15 is 0 Å². The first-order valence-corrected chi connectivity index (χ1v) is 9.18. The molecule has 1 unspecified atom stereocenters. The van der Waals surface area contributed by atoms with Gasteiger partial charge in [0, 0.05) is 49.5 Å². The highest BCUT2D eigenvalue weighted by atomic mass is 35.5. The highest BCUT2D eigenvalue weighted by molar-refractivity contribution is 6.31. The Labute approximate surface area is 157 Å². The highest BCUT2D eigenvalue weighted by Gasteiger charge is 2.25. The molecule has 3 aromatic rings. The van der Waals surface area contributed by atoms with E-state index in [4.69, 9.17) is 11.6 Å². The van der Waals surface area contributed by atoms with Gasteiger partial charge in [0.15, 0.2) is 0 Å². The molecule has 3 heterocycles. The zero-order valence-electron chi connectivity index (χ0n) is 14.7. The van der Waals surface area contributed by atoms with Crippen molar-refractivity contribution in [2.75, 3.05) is 19.6 Å². The van der Waals surface area contributed by atoms with Crippen LogP contribution in [0.5, 0.6) is 0 Å². The number of halogens is 1. The molecule has 0 spiro atoms. The van der Waals surface area contributed by atoms with E-state index in [9.17, 15) is 4.79 Å². The Morgan fingerprint density at radius 2 is 2.12 bits per heavy atom. The highest BCUT2D eigenvalue weighted by Crippen LogP contribution is 2.29. The van der Waals surface area contributed by atoms with Crippen LogP contribution >= 0.6 is 11.6 Å². The summed E-state index contributed by atoms with van der Waals surface area (Å²) >= 11 is 6.42. The van der Waals surface area contributed by atoms with Crippen LogP contribution in [0.15, 0.2) is 53.5 Å². The molecular weight excluding hydrogens is 348 g/mol. The standard InChI is InChI=1S/C20H21ClN4O/c1-14-6-7-19-23-15(10-20(26)25(19)12-14)13-24-9-8-22-11-18(24)16-4-2-3-5-17(16)21/h2-7,10,12,18,22H,8-9,11,13H2,1H3. The molecule has 1 aliphatic rings. The average molecular weight is 369 g/mol. The Morgan fingerprint density at radius 1 is 1.27 bits per heavy atom. The molecule has 1 N–H and O–H groups in total. The number of nitrogens with one attached hydrogen (secondary N) is 1. The molecule has 1 saturated heterocycles. The molecule has 0 amide bonds. The van der Waals surface area contributed by atoms with E-state index in [2.05, 4.69) is 21.3 Å². The maximum absolute atomic E-state index is 12.5. The predicted octanol–water partition coefficient (Wildman–Crippen LogP) is 2.80. The summed E-state index contributed by atoms with van der Waals surface area (Å²) in [5, 5.41) is 4.21. The van der Waals surface area contributed by atoms with Gasteiger partial charge in [-0.3, -0.25) is 14.1 Å². The number of hydrogen-bond acceptors (Lipinski definition) is 4. The zero-order valence-corrected chi connectivity index (χ0v) is 15.4. The fourth-order valence-electron chi connectivity index (χ4n) is 3.53. The maximum Gasteiger partial charge on any atom is 0.258 e. The summed E-state index contributed by atoms with van der Waals surface area (Å²) in [5.74, 6) is 0. The van der Waals surface area contributed by atoms with Crippen LogP contribution in [0.1, 0.15) is 22.9 Å². The fraction of sp³-hybridized carbons (Fsp3) is 0.300. The molecule has 0 radical (unpaired) electrons. The number of piperazine rings is 1. The lowest BCUT2D eigenvalue weighted by Gasteiger charge is -2.36. The Bertz CT molecular complexity index is 1000. The third-order valence-corrected chi connectivity index (χ3v) is 5.19. The van der Waals surface area contributed by atoms with Crippen LogP contribution in [0.25, 0.3) is 5.65 Å². The lowest BCUT2D eigenvalue weighted by molar-refractivity contribution is 0.152. The van der Waals surface area contributed by atoms with Crippen molar-refractivity contribution in [2.45, 2.75) is 19.5 Å². The van der Waals surface area contributed by atoms with Crippen LogP contribution in [0.4, 0.5) is 0 Å². The van der Waals surface area contributed by atoms with Gasteiger partial charge < -0.3 is 5.32 Å². The van der Waals surface area contributed by atoms with Crippen LogP contribution in [0.2, 0.25) is 5.02 Å². The van der Waals surface area contributed by atoms with Crippen LogP contribution < -0.4 is 10.9 Å². The van der Waals surface area contributed by atoms with E-state index in [1.165, 1.54) is 0 Å². The summed E-state index contributed by atoms with van der Waals surface area (Å²) in [5.41, 5.74) is 3.57. The summed E-state index contributed by atoms with van der Waals surface area (Å²) in [6, 6.07) is 13.6. The molecule has 1 aliphatic heterocycles. The van der Waals surface area contributed by atoms with Crippen molar-refractivity contribution >= 4 is 17.2 Å². The van der Waals surface area contributed by atoms with Gasteiger partial charge in [0.05, 0.1) is 5.69 Å². The molecule has 2 aromatic heterocycles. The minimum Gasteiger partial charge on any atom is -0.314 e. The zero-order chi connectivity index (χ0) is 18.1. The first kappa shape index (κ1) is 17.2. The summed E-state index contributed by atoms with van der Waals surface area (Å²) in [6.07, 6.45) is 1.83. The molecule has 1 aromatic carbocycles. The monoisotopic (exact) mass is 368 g/mol. The molecule has 1 fully saturated rings. The molecule has 0 aliphatic carbocycles. The Hall–Kier alpha value is -2.21. The predicted molar refractivity (Wildman–Crippen MR) is 104 cm³/mol. The van der Waals surface area contributed by atoms with Gasteiger partial charge in [-0.2, -0.15) is 0 Å². The first-order valence-electron chi connectivity index (χ1n) is 8.80. The van der Waals surface area contributed by atoms with E-state index in [0.717, 1.165) is 41.5 Å². The lowest BCUT2D eigenvalue weighted by atomic mass is 10.0. The van der Waals surface area contributed by atoms with Crippen molar-refractivity contribution in [2.24, 2.45) is 0 Å². The van der Waals surface area contributed by atoms with Crippen molar-refractivity contribution in [1.82, 2.24) is 19.6 Å². The number of pyridine rings is 1. The third-order valence-electron chi connectivity index (χ3n) is 4.84. The van der Waals surface area contributed by atoms with E-state index in [1.54, 1.807) is 10.5 Å². The summed E-state index contributed by atoms with van der Waals surface area (Å²) < 4.78 is 1.60. The number of nitrogens with zero attached hydrogens (tertiary/aromatic N) is 3. The minimum absolute atomic E-state index is 0.0434. The number of benzene rings is 1. The van der Waals surface area contributed by atoms with Gasteiger partial charge in [-0.25, -0.2) is 4.98 Å². The quantitative estimate of drug-likeness (QED) is 0.772. The maximum atomic E-state index is 12.5. The van der Waals surface area contributed by atoms with Gasteiger partial charge in [-0.1, -0.05) is 35.9 Å². The molecule has 4 rings (SSSR count). The van der Waals surface area contributed by atoms with Crippen LogP contribution in [0, 0.1) is 6.92 Å². The van der Waals surface area contributed by atoms with Crippen LogP contribution in [0.3, 0.4) is 0 Å². The van der Waals surface area contributed by atoms with Gasteiger partial charge in [0.2, 0.25) is 0 Å². The van der Waals surface area contributed by atoms with Gasteiger partial charge in [0.1, 0.15) is 5.65 Å². The smallest absolute Gasteiger partial charge is 0.258 e. The number of hydrogen-bond donors (Lipinski definition) is 1. The largest absolute Gasteiger partial charge is 0.314 e. The minimum atomic E-state index is -0.0434.